The highest BCUT2D eigenvalue weighted by molar-refractivity contribution is 8.13. The molecule has 0 saturated carbocycles. The summed E-state index contributed by atoms with van der Waals surface area (Å²) < 4.78 is 5.03. The molecule has 1 heterocycles. The molecular formula is C14H22N2OS. The lowest BCUT2D eigenvalue weighted by Crippen LogP contribution is -2.28. The molecule has 1 unspecified atom stereocenters. The summed E-state index contributed by atoms with van der Waals surface area (Å²) in [4.78, 5) is 4.73. The van der Waals surface area contributed by atoms with Crippen molar-refractivity contribution in [2.45, 2.75) is 26.3 Å². The molecule has 0 aromatic carbocycles. The first-order chi connectivity index (χ1) is 8.71. The largest absolute Gasteiger partial charge is 0.379 e. The molecule has 1 aliphatic rings. The van der Waals surface area contributed by atoms with Crippen LogP contribution in [0.15, 0.2) is 41.1 Å². The Morgan fingerprint density at radius 2 is 2.39 bits per heavy atom. The van der Waals surface area contributed by atoms with Crippen molar-refractivity contribution in [3.05, 3.63) is 36.1 Å². The number of hydrogen-bond donors (Lipinski definition) is 1. The number of ether oxygens (including phenoxy) is 1. The zero-order chi connectivity index (χ0) is 13.4. The van der Waals surface area contributed by atoms with Crippen LogP contribution >= 0.6 is 11.8 Å². The third-order valence-electron chi connectivity index (χ3n) is 2.58. The predicted octanol–water partition coefficient (Wildman–Crippen LogP) is 3.12. The number of amidine groups is 1. The van der Waals surface area contributed by atoms with Crippen molar-refractivity contribution < 1.29 is 4.74 Å². The number of thioether (sulfide) groups is 1. The predicted molar refractivity (Wildman–Crippen MR) is 81.0 cm³/mol. The summed E-state index contributed by atoms with van der Waals surface area (Å²) in [6.45, 7) is 8.51. The van der Waals surface area contributed by atoms with Gasteiger partial charge in [-0.05, 0) is 25.8 Å². The highest BCUT2D eigenvalue weighted by Gasteiger charge is 2.17. The Hall–Kier alpha value is -1.00. The van der Waals surface area contributed by atoms with E-state index >= 15 is 0 Å². The molecule has 0 aromatic rings. The first kappa shape index (κ1) is 15.1. The SMILES string of the molecule is C=C(COC)NC1=NC(C(/C=C\C)=C/C)CCS1. The fourth-order valence-electron chi connectivity index (χ4n) is 1.77. The molecule has 18 heavy (non-hydrogen) atoms. The van der Waals surface area contributed by atoms with Crippen LogP contribution in [0.5, 0.6) is 0 Å². The Kier molecular flexibility index (Phi) is 6.83. The van der Waals surface area contributed by atoms with E-state index in [1.165, 1.54) is 5.57 Å². The topological polar surface area (TPSA) is 33.6 Å². The second-order valence-corrected chi connectivity index (χ2v) is 5.12. The van der Waals surface area contributed by atoms with Gasteiger partial charge in [0.1, 0.15) is 0 Å². The summed E-state index contributed by atoms with van der Waals surface area (Å²) >= 11 is 1.74. The molecule has 0 spiro atoms. The average molecular weight is 266 g/mol. The van der Waals surface area contributed by atoms with Crippen LogP contribution in [0, 0.1) is 0 Å². The fourth-order valence-corrected chi connectivity index (χ4v) is 2.73. The molecule has 0 radical (unpaired) electrons. The van der Waals surface area contributed by atoms with Gasteiger partial charge in [-0.3, -0.25) is 4.99 Å². The third-order valence-corrected chi connectivity index (χ3v) is 3.50. The molecular weight excluding hydrogens is 244 g/mol. The van der Waals surface area contributed by atoms with E-state index in [-0.39, 0.29) is 6.04 Å². The smallest absolute Gasteiger partial charge is 0.161 e. The maximum atomic E-state index is 5.03. The van der Waals surface area contributed by atoms with Crippen LogP contribution < -0.4 is 5.32 Å². The van der Waals surface area contributed by atoms with Crippen molar-refractivity contribution in [1.29, 1.82) is 0 Å². The Morgan fingerprint density at radius 3 is 3.00 bits per heavy atom. The van der Waals surface area contributed by atoms with E-state index in [0.29, 0.717) is 6.61 Å². The lowest BCUT2D eigenvalue weighted by Gasteiger charge is -2.22. The number of nitrogens with zero attached hydrogens (tertiary/aromatic N) is 1. The van der Waals surface area contributed by atoms with E-state index in [1.54, 1.807) is 18.9 Å². The van der Waals surface area contributed by atoms with Crippen molar-refractivity contribution >= 4 is 16.9 Å². The summed E-state index contributed by atoms with van der Waals surface area (Å²) in [5.74, 6) is 1.08. The van der Waals surface area contributed by atoms with Crippen molar-refractivity contribution in [2.75, 3.05) is 19.5 Å². The van der Waals surface area contributed by atoms with Gasteiger partial charge in [0.25, 0.3) is 0 Å². The van der Waals surface area contributed by atoms with Crippen LogP contribution in [0.4, 0.5) is 0 Å². The Balaban J connectivity index is 2.70. The first-order valence-electron chi connectivity index (χ1n) is 6.14. The zero-order valence-electron chi connectivity index (χ0n) is 11.4. The minimum absolute atomic E-state index is 0.255. The number of hydrogen-bond acceptors (Lipinski definition) is 4. The first-order valence-corrected chi connectivity index (χ1v) is 7.13. The van der Waals surface area contributed by atoms with Crippen LogP contribution in [0.3, 0.4) is 0 Å². The standard InChI is InChI=1S/C14H22N2OS/c1-5-7-12(6-2)13-8-9-18-14(16-13)15-11(3)10-17-4/h5-7,13H,3,8-10H2,1-2,4H3,(H,15,16)/b7-5-,12-6+. The van der Waals surface area contributed by atoms with E-state index in [2.05, 4.69) is 37.0 Å². The second kappa shape index (κ2) is 8.16. The molecule has 100 valence electrons. The maximum Gasteiger partial charge on any atom is 0.161 e. The molecule has 1 atom stereocenters. The summed E-state index contributed by atoms with van der Waals surface area (Å²) in [6, 6.07) is 0.255. The van der Waals surface area contributed by atoms with E-state index in [4.69, 9.17) is 9.73 Å². The normalized spacial score (nSPS) is 20.9. The van der Waals surface area contributed by atoms with Crippen LogP contribution in [-0.4, -0.2) is 30.7 Å². The van der Waals surface area contributed by atoms with Gasteiger partial charge in [0.2, 0.25) is 0 Å². The van der Waals surface area contributed by atoms with Gasteiger partial charge >= 0.3 is 0 Å². The summed E-state index contributed by atoms with van der Waals surface area (Å²) in [6.07, 6.45) is 7.40. The van der Waals surface area contributed by atoms with Crippen LogP contribution in [-0.2, 0) is 4.74 Å². The molecule has 1 rings (SSSR count). The van der Waals surface area contributed by atoms with Gasteiger partial charge in [-0.25, -0.2) is 0 Å². The fraction of sp³-hybridized carbons (Fsp3) is 0.500. The van der Waals surface area contributed by atoms with Gasteiger partial charge in [-0.2, -0.15) is 0 Å². The number of aliphatic imine (C=N–C) groups is 1. The van der Waals surface area contributed by atoms with E-state index in [1.807, 2.05) is 6.92 Å². The number of nitrogens with one attached hydrogen (secondary N) is 1. The average Bonchev–Trinajstić information content (AvgIpc) is 2.36. The highest BCUT2D eigenvalue weighted by atomic mass is 32.2. The molecule has 0 aromatic heterocycles. The lowest BCUT2D eigenvalue weighted by atomic mass is 10.0. The van der Waals surface area contributed by atoms with Gasteiger partial charge in [0.15, 0.2) is 5.17 Å². The van der Waals surface area contributed by atoms with Crippen molar-refractivity contribution in [3.8, 4) is 0 Å². The molecule has 0 amide bonds. The molecule has 1 aliphatic heterocycles. The van der Waals surface area contributed by atoms with Gasteiger partial charge in [-0.1, -0.05) is 36.6 Å². The summed E-state index contributed by atoms with van der Waals surface area (Å²) in [5, 5.41) is 4.15. The van der Waals surface area contributed by atoms with E-state index < -0.39 is 0 Å². The second-order valence-electron chi connectivity index (χ2n) is 4.04. The van der Waals surface area contributed by atoms with Gasteiger partial charge < -0.3 is 10.1 Å². The number of rotatable bonds is 5. The molecule has 0 bridgehead atoms. The monoisotopic (exact) mass is 266 g/mol. The van der Waals surface area contributed by atoms with Crippen molar-refractivity contribution in [1.82, 2.24) is 5.32 Å². The minimum Gasteiger partial charge on any atom is -0.379 e. The van der Waals surface area contributed by atoms with Crippen molar-refractivity contribution in [3.63, 3.8) is 0 Å². The Morgan fingerprint density at radius 1 is 1.61 bits per heavy atom. The third kappa shape index (κ3) is 4.70. The quantitative estimate of drug-likeness (QED) is 0.776. The molecule has 1 N–H and O–H groups in total. The Labute approximate surface area is 114 Å². The van der Waals surface area contributed by atoms with Gasteiger partial charge in [0, 0.05) is 18.6 Å². The zero-order valence-corrected chi connectivity index (χ0v) is 12.2. The van der Waals surface area contributed by atoms with E-state index in [0.717, 1.165) is 23.0 Å². The number of allylic oxidation sites excluding steroid dienone is 2. The summed E-state index contributed by atoms with van der Waals surface area (Å²) in [5.41, 5.74) is 2.12. The lowest BCUT2D eigenvalue weighted by molar-refractivity contribution is 0.223. The molecule has 0 saturated heterocycles. The van der Waals surface area contributed by atoms with Gasteiger partial charge in [0.05, 0.1) is 12.6 Å². The molecule has 3 nitrogen and oxygen atoms in total. The van der Waals surface area contributed by atoms with Gasteiger partial charge in [-0.15, -0.1) is 0 Å². The van der Waals surface area contributed by atoms with E-state index in [9.17, 15) is 0 Å². The highest BCUT2D eigenvalue weighted by Crippen LogP contribution is 2.22. The van der Waals surface area contributed by atoms with Crippen LogP contribution in [0.25, 0.3) is 0 Å². The summed E-state index contributed by atoms with van der Waals surface area (Å²) in [7, 11) is 1.66. The van der Waals surface area contributed by atoms with Crippen LogP contribution in [0.1, 0.15) is 20.3 Å². The van der Waals surface area contributed by atoms with Crippen LogP contribution in [0.2, 0.25) is 0 Å². The number of methoxy groups -OCH3 is 1. The van der Waals surface area contributed by atoms with Crippen molar-refractivity contribution in [2.24, 2.45) is 4.99 Å². The Bertz CT molecular complexity index is 372. The molecule has 0 fully saturated rings. The molecule has 0 aliphatic carbocycles. The molecule has 4 heteroatoms. The maximum absolute atomic E-state index is 5.03. The minimum atomic E-state index is 0.255.